The van der Waals surface area contributed by atoms with Gasteiger partial charge in [-0.3, -0.25) is 4.79 Å². The fraction of sp³-hybridized carbons (Fsp3) is 0.667. The molecule has 0 aliphatic carbocycles. The summed E-state index contributed by atoms with van der Waals surface area (Å²) in [5.74, 6) is -0.213. The lowest BCUT2D eigenvalue weighted by molar-refractivity contribution is -0.142. The summed E-state index contributed by atoms with van der Waals surface area (Å²) in [6, 6.07) is 0.469. The Labute approximate surface area is 111 Å². The molecule has 1 aromatic rings. The summed E-state index contributed by atoms with van der Waals surface area (Å²) in [4.78, 5) is 18.0. The van der Waals surface area contributed by atoms with Crippen molar-refractivity contribution in [3.8, 4) is 0 Å². The van der Waals surface area contributed by atoms with Gasteiger partial charge in [-0.05, 0) is 26.9 Å². The summed E-state index contributed by atoms with van der Waals surface area (Å²) < 4.78 is 4.90. The fourth-order valence-corrected chi connectivity index (χ4v) is 2.83. The maximum atomic E-state index is 11.3. The Hall–Kier alpha value is -1.14. The van der Waals surface area contributed by atoms with Gasteiger partial charge < -0.3 is 15.0 Å². The van der Waals surface area contributed by atoms with Crippen LogP contribution in [0.1, 0.15) is 19.0 Å². The zero-order valence-electron chi connectivity index (χ0n) is 10.8. The molecule has 1 atom stereocenters. The van der Waals surface area contributed by atoms with Crippen molar-refractivity contribution in [1.82, 2.24) is 9.88 Å². The van der Waals surface area contributed by atoms with E-state index in [-0.39, 0.29) is 12.4 Å². The SMILES string of the molecule is CCOC(=O)Cc1csc(NC2CCN(C)C2)n1. The van der Waals surface area contributed by atoms with Gasteiger partial charge in [0, 0.05) is 18.0 Å². The van der Waals surface area contributed by atoms with E-state index in [1.54, 1.807) is 11.3 Å². The molecule has 6 heteroatoms. The largest absolute Gasteiger partial charge is 0.466 e. The molecule has 1 aliphatic rings. The summed E-state index contributed by atoms with van der Waals surface area (Å²) in [7, 11) is 2.12. The second kappa shape index (κ2) is 6.15. The van der Waals surface area contributed by atoms with Crippen molar-refractivity contribution < 1.29 is 9.53 Å². The van der Waals surface area contributed by atoms with Crippen LogP contribution >= 0.6 is 11.3 Å². The van der Waals surface area contributed by atoms with Gasteiger partial charge in [0.2, 0.25) is 0 Å². The first-order valence-corrected chi connectivity index (χ1v) is 7.10. The molecule has 1 saturated heterocycles. The molecule has 0 amide bonds. The average molecular weight is 269 g/mol. The summed E-state index contributed by atoms with van der Waals surface area (Å²) in [6.45, 7) is 4.40. The van der Waals surface area contributed by atoms with Crippen molar-refractivity contribution in [3.63, 3.8) is 0 Å². The zero-order chi connectivity index (χ0) is 13.0. The first-order valence-electron chi connectivity index (χ1n) is 6.22. The highest BCUT2D eigenvalue weighted by Crippen LogP contribution is 2.19. The quantitative estimate of drug-likeness (QED) is 0.818. The van der Waals surface area contributed by atoms with E-state index in [4.69, 9.17) is 4.74 Å². The van der Waals surface area contributed by atoms with Crippen molar-refractivity contribution in [2.45, 2.75) is 25.8 Å². The molecule has 1 unspecified atom stereocenters. The predicted molar refractivity (Wildman–Crippen MR) is 72.0 cm³/mol. The first-order chi connectivity index (χ1) is 8.67. The minimum absolute atomic E-state index is 0.213. The van der Waals surface area contributed by atoms with Crippen LogP contribution < -0.4 is 5.32 Å². The molecule has 1 aromatic heterocycles. The third kappa shape index (κ3) is 3.68. The molecule has 2 heterocycles. The summed E-state index contributed by atoms with van der Waals surface area (Å²) in [5, 5.41) is 6.22. The van der Waals surface area contributed by atoms with Crippen molar-refractivity contribution >= 4 is 22.4 Å². The fourth-order valence-electron chi connectivity index (χ4n) is 2.04. The number of nitrogens with zero attached hydrogens (tertiary/aromatic N) is 2. The number of rotatable bonds is 5. The molecule has 0 radical (unpaired) electrons. The monoisotopic (exact) mass is 269 g/mol. The number of nitrogens with one attached hydrogen (secondary N) is 1. The minimum atomic E-state index is -0.213. The number of carbonyl (C=O) groups is 1. The normalized spacial score (nSPS) is 20.0. The second-order valence-corrected chi connectivity index (χ2v) is 5.38. The highest BCUT2D eigenvalue weighted by Gasteiger charge is 2.20. The molecular weight excluding hydrogens is 250 g/mol. The number of likely N-dealkylation sites (N-methyl/N-ethyl adjacent to an activating group) is 1. The van der Waals surface area contributed by atoms with Crippen molar-refractivity contribution in [2.24, 2.45) is 0 Å². The second-order valence-electron chi connectivity index (χ2n) is 4.52. The van der Waals surface area contributed by atoms with Crippen molar-refractivity contribution in [3.05, 3.63) is 11.1 Å². The van der Waals surface area contributed by atoms with Crippen LogP contribution in [0.4, 0.5) is 5.13 Å². The highest BCUT2D eigenvalue weighted by molar-refractivity contribution is 7.13. The molecule has 2 rings (SSSR count). The molecule has 1 aliphatic heterocycles. The molecular formula is C12H19N3O2S. The Kier molecular flexibility index (Phi) is 4.54. The summed E-state index contributed by atoms with van der Waals surface area (Å²) in [5.41, 5.74) is 0.785. The van der Waals surface area contributed by atoms with Gasteiger partial charge in [-0.1, -0.05) is 0 Å². The van der Waals surface area contributed by atoms with E-state index in [0.717, 1.165) is 30.3 Å². The number of hydrogen-bond donors (Lipinski definition) is 1. The zero-order valence-corrected chi connectivity index (χ0v) is 11.6. The number of ether oxygens (including phenoxy) is 1. The third-order valence-corrected chi connectivity index (χ3v) is 3.72. The van der Waals surface area contributed by atoms with E-state index in [1.807, 2.05) is 12.3 Å². The van der Waals surface area contributed by atoms with Crippen LogP contribution in [-0.2, 0) is 16.0 Å². The molecule has 0 bridgehead atoms. The smallest absolute Gasteiger partial charge is 0.311 e. The van der Waals surface area contributed by atoms with Crippen LogP contribution in [0.25, 0.3) is 0 Å². The third-order valence-electron chi connectivity index (χ3n) is 2.90. The molecule has 18 heavy (non-hydrogen) atoms. The Morgan fingerprint density at radius 2 is 2.56 bits per heavy atom. The van der Waals surface area contributed by atoms with E-state index >= 15 is 0 Å². The van der Waals surface area contributed by atoms with E-state index in [1.165, 1.54) is 0 Å². The molecule has 1 N–H and O–H groups in total. The van der Waals surface area contributed by atoms with Crippen LogP contribution in [0, 0.1) is 0 Å². The molecule has 100 valence electrons. The van der Waals surface area contributed by atoms with Gasteiger partial charge in [0.25, 0.3) is 0 Å². The van der Waals surface area contributed by atoms with E-state index < -0.39 is 0 Å². The topological polar surface area (TPSA) is 54.5 Å². The number of likely N-dealkylation sites (tertiary alicyclic amines) is 1. The Morgan fingerprint density at radius 1 is 1.72 bits per heavy atom. The van der Waals surface area contributed by atoms with Crippen LogP contribution in [0.3, 0.4) is 0 Å². The lowest BCUT2D eigenvalue weighted by Crippen LogP contribution is -2.23. The van der Waals surface area contributed by atoms with Gasteiger partial charge in [0.05, 0.1) is 18.7 Å². The lowest BCUT2D eigenvalue weighted by atomic mass is 10.3. The number of aromatic nitrogens is 1. The number of carbonyl (C=O) groups excluding carboxylic acids is 1. The number of hydrogen-bond acceptors (Lipinski definition) is 6. The Bertz CT molecular complexity index is 408. The van der Waals surface area contributed by atoms with Crippen LogP contribution in [0.5, 0.6) is 0 Å². The number of esters is 1. The molecule has 1 fully saturated rings. The summed E-state index contributed by atoms with van der Waals surface area (Å²) in [6.07, 6.45) is 1.40. The van der Waals surface area contributed by atoms with Crippen LogP contribution in [0.2, 0.25) is 0 Å². The maximum absolute atomic E-state index is 11.3. The van der Waals surface area contributed by atoms with Gasteiger partial charge in [-0.25, -0.2) is 4.98 Å². The molecule has 0 spiro atoms. The molecule has 5 nitrogen and oxygen atoms in total. The maximum Gasteiger partial charge on any atom is 0.311 e. The van der Waals surface area contributed by atoms with E-state index in [2.05, 4.69) is 22.2 Å². The number of anilines is 1. The Morgan fingerprint density at radius 3 is 3.22 bits per heavy atom. The highest BCUT2D eigenvalue weighted by atomic mass is 32.1. The summed E-state index contributed by atoms with van der Waals surface area (Å²) >= 11 is 1.55. The van der Waals surface area contributed by atoms with Gasteiger partial charge in [0.1, 0.15) is 0 Å². The first kappa shape index (κ1) is 13.3. The van der Waals surface area contributed by atoms with Crippen LogP contribution in [-0.4, -0.2) is 48.6 Å². The van der Waals surface area contributed by atoms with E-state index in [9.17, 15) is 4.79 Å². The molecule has 0 saturated carbocycles. The lowest BCUT2D eigenvalue weighted by Gasteiger charge is -2.11. The average Bonchev–Trinajstić information content (AvgIpc) is 2.89. The minimum Gasteiger partial charge on any atom is -0.466 e. The van der Waals surface area contributed by atoms with Crippen LogP contribution in [0.15, 0.2) is 5.38 Å². The standard InChI is InChI=1S/C12H19N3O2S/c1-3-17-11(16)6-10-8-18-12(14-10)13-9-4-5-15(2)7-9/h8-9H,3-7H2,1-2H3,(H,13,14). The van der Waals surface area contributed by atoms with E-state index in [0.29, 0.717) is 12.6 Å². The Balaban J connectivity index is 1.84. The molecule has 0 aromatic carbocycles. The van der Waals surface area contributed by atoms with Gasteiger partial charge in [-0.15, -0.1) is 11.3 Å². The van der Waals surface area contributed by atoms with Crippen molar-refractivity contribution in [2.75, 3.05) is 32.1 Å². The van der Waals surface area contributed by atoms with Gasteiger partial charge in [-0.2, -0.15) is 0 Å². The number of thiazole rings is 1. The van der Waals surface area contributed by atoms with Gasteiger partial charge >= 0.3 is 5.97 Å². The van der Waals surface area contributed by atoms with Gasteiger partial charge in [0.15, 0.2) is 5.13 Å². The van der Waals surface area contributed by atoms with Crippen molar-refractivity contribution in [1.29, 1.82) is 0 Å². The predicted octanol–water partition coefficient (Wildman–Crippen LogP) is 1.36.